The van der Waals surface area contributed by atoms with Crippen LogP contribution in [0.15, 0.2) is 65.8 Å². The van der Waals surface area contributed by atoms with Gasteiger partial charge in [-0.15, -0.1) is 21.5 Å². The fraction of sp³-hybridized carbons (Fsp3) is 0.431. The van der Waals surface area contributed by atoms with Crippen LogP contribution in [0.25, 0.3) is 37.9 Å². The predicted octanol–water partition coefficient (Wildman–Crippen LogP) is 6.97. The fourth-order valence-corrected chi connectivity index (χ4v) is 13.5. The molecule has 4 aromatic heterocycles. The molecule has 23 heteroatoms. The first kappa shape index (κ1) is 55.1. The molecule has 4 aliphatic rings. The van der Waals surface area contributed by atoms with Crippen LogP contribution in [0.3, 0.4) is 0 Å². The van der Waals surface area contributed by atoms with Gasteiger partial charge in [-0.3, -0.25) is 47.7 Å². The van der Waals surface area contributed by atoms with Gasteiger partial charge in [0.05, 0.1) is 41.6 Å². The highest BCUT2D eigenvalue weighted by molar-refractivity contribution is 7.15. The van der Waals surface area contributed by atoms with E-state index in [0.717, 1.165) is 50.6 Å². The first-order valence-corrected chi connectivity index (χ1v) is 28.8. The van der Waals surface area contributed by atoms with Crippen LogP contribution in [0.4, 0.5) is 4.39 Å². The highest BCUT2D eigenvalue weighted by Gasteiger charge is 2.40. The number of carboxylic acids is 1. The van der Waals surface area contributed by atoms with Crippen molar-refractivity contribution in [1.82, 2.24) is 59.7 Å². The van der Waals surface area contributed by atoms with E-state index in [4.69, 9.17) is 26.8 Å². The lowest BCUT2D eigenvalue weighted by molar-refractivity contribution is -0.144. The number of nitrogens with one attached hydrogen (secondary N) is 2. The predicted molar refractivity (Wildman–Crippen MR) is 303 cm³/mol. The minimum atomic E-state index is -1.21. The highest BCUT2D eigenvalue weighted by Crippen LogP contribution is 2.42. The van der Waals surface area contributed by atoms with Crippen molar-refractivity contribution in [2.45, 2.75) is 103 Å². The minimum absolute atomic E-state index is 0.0125. The number of halogens is 2. The van der Waals surface area contributed by atoms with Gasteiger partial charge < -0.3 is 30.4 Å². The van der Waals surface area contributed by atoms with Crippen LogP contribution in [-0.4, -0.2) is 147 Å². The first-order chi connectivity index (χ1) is 39.0. The number of thiophene rings is 1. The van der Waals surface area contributed by atoms with Crippen molar-refractivity contribution < 1.29 is 38.3 Å². The van der Waals surface area contributed by atoms with Gasteiger partial charge in [0.25, 0.3) is 0 Å². The van der Waals surface area contributed by atoms with Gasteiger partial charge >= 0.3 is 5.97 Å². The number of carbonyl (C=O) groups excluding carboxylic acids is 5. The van der Waals surface area contributed by atoms with Gasteiger partial charge in [0.1, 0.15) is 41.8 Å². The number of rotatable bonds is 14. The number of hydrogen-bond acceptors (Lipinski definition) is 12. The number of carboxylic acid groups (broad SMARTS) is 1. The van der Waals surface area contributed by atoms with Crippen LogP contribution in [0, 0.1) is 32.5 Å². The van der Waals surface area contributed by atoms with E-state index in [1.807, 2.05) is 57.7 Å². The maximum atomic E-state index is 16.1. The van der Waals surface area contributed by atoms with Crippen molar-refractivity contribution in [2.75, 3.05) is 45.8 Å². The molecule has 3 N–H and O–H groups in total. The number of aryl methyl sites for hydroxylation is 3. The Balaban J connectivity index is 0.742. The molecule has 0 saturated carbocycles. The lowest BCUT2D eigenvalue weighted by atomic mass is 9.88. The van der Waals surface area contributed by atoms with E-state index < -0.39 is 48.8 Å². The molecular formula is C58H63ClFN13O7S. The zero-order valence-corrected chi connectivity index (χ0v) is 47.2. The summed E-state index contributed by atoms with van der Waals surface area (Å²) in [5, 5.41) is 34.9. The molecule has 1 unspecified atom stereocenters. The third-order valence-corrected chi connectivity index (χ3v) is 18.0. The third-order valence-electron chi connectivity index (χ3n) is 16.5. The molecule has 3 saturated heterocycles. The third kappa shape index (κ3) is 11.1. The second kappa shape index (κ2) is 23.0. The second-order valence-electron chi connectivity index (χ2n) is 21.7. The lowest BCUT2D eigenvalue weighted by Crippen LogP contribution is -2.48. The monoisotopic (exact) mass is 1140 g/mol. The average molecular weight is 1140 g/mol. The zero-order chi connectivity index (χ0) is 56.8. The highest BCUT2D eigenvalue weighted by atomic mass is 35.5. The SMILES string of the molecule is Cc1sc2c(c1C)C(c1ccc(Cl)cc1)=N[C@@H](CC(=O)N1CCC[C@H]1C(=O)N1CCCC(CC(=O)N3CCC(c4nn(CC(=O)NCC(=O)NCC(=O)O)c5cccc(-c6cc7c(cnn7C)cc6F)c45)CC3)CC1)c1nnc(C)n1-2. The number of carbonyl (C=O) groups is 6. The maximum absolute atomic E-state index is 16.1. The summed E-state index contributed by atoms with van der Waals surface area (Å²) in [5.41, 5.74) is 6.63. The Morgan fingerprint density at radius 2 is 1.56 bits per heavy atom. The molecule has 5 amide bonds. The number of aliphatic carboxylic acids is 1. The van der Waals surface area contributed by atoms with Gasteiger partial charge in [-0.1, -0.05) is 35.9 Å². The number of nitrogens with zero attached hydrogens (tertiary/aromatic N) is 11. The number of likely N-dealkylation sites (tertiary alicyclic amines) is 3. The normalized spacial score (nSPS) is 18.6. The van der Waals surface area contributed by atoms with Gasteiger partial charge in [0, 0.05) is 89.5 Å². The van der Waals surface area contributed by atoms with Crippen molar-refractivity contribution in [1.29, 1.82) is 0 Å². The molecule has 3 atom stereocenters. The van der Waals surface area contributed by atoms with E-state index in [1.165, 1.54) is 6.07 Å². The summed E-state index contributed by atoms with van der Waals surface area (Å²) >= 11 is 7.97. The van der Waals surface area contributed by atoms with Gasteiger partial charge in [-0.2, -0.15) is 10.2 Å². The second-order valence-corrected chi connectivity index (χ2v) is 23.3. The van der Waals surface area contributed by atoms with E-state index in [0.29, 0.717) is 121 Å². The zero-order valence-electron chi connectivity index (χ0n) is 45.6. The summed E-state index contributed by atoms with van der Waals surface area (Å²) < 4.78 is 21.3. The Labute approximate surface area is 475 Å². The summed E-state index contributed by atoms with van der Waals surface area (Å²) in [6.45, 7) is 7.22. The Kier molecular flexibility index (Phi) is 15.6. The van der Waals surface area contributed by atoms with E-state index in [9.17, 15) is 28.8 Å². The van der Waals surface area contributed by atoms with Crippen LogP contribution >= 0.6 is 22.9 Å². The van der Waals surface area contributed by atoms with E-state index in [1.54, 1.807) is 51.0 Å². The molecule has 3 aromatic carbocycles. The molecule has 0 spiro atoms. The molecule has 4 aliphatic heterocycles. The topological polar surface area (TPSA) is 235 Å². The molecule has 3 fully saturated rings. The standard InChI is InChI=1S/C58H63ClFN13O7S/c1-32-33(2)81-58-52(32)54(36-12-14-39(59)15-13-36)64-43(56-66-65-34(3)73(56)58)27-50(77)71-20-7-11-45(71)57(80)70-19-6-8-35(16-21-70)24-49(76)69-22-17-37(18-23-69)55-53-40(41-26-46-38(25-42(41)60)28-63-68(46)4)9-5-10-44(53)72(67-55)31-48(75)61-29-47(74)62-30-51(78)79/h5,9-10,12-15,25-26,28,35,37,43,45H,6-8,11,16-24,27,29-31H2,1-4H3,(H,61,75)(H,62,74)(H,78,79)/t35?,43-,45-/m0/s1. The molecule has 0 aliphatic carbocycles. The summed E-state index contributed by atoms with van der Waals surface area (Å²) in [6, 6.07) is 14.9. The number of piperidine rings is 1. The largest absolute Gasteiger partial charge is 0.480 e. The Morgan fingerprint density at radius 1 is 0.802 bits per heavy atom. The molecule has 11 rings (SSSR count). The molecule has 7 aromatic rings. The fourth-order valence-electron chi connectivity index (χ4n) is 12.2. The van der Waals surface area contributed by atoms with E-state index >= 15 is 4.39 Å². The Bertz CT molecular complexity index is 3670. The Hall–Kier alpha value is -7.85. The molecule has 81 heavy (non-hydrogen) atoms. The van der Waals surface area contributed by atoms with Crippen LogP contribution in [0.1, 0.15) is 109 Å². The quantitative estimate of drug-likeness (QED) is 0.101. The number of aliphatic imine (C=N–C) groups is 1. The van der Waals surface area contributed by atoms with Crippen molar-refractivity contribution in [3.63, 3.8) is 0 Å². The van der Waals surface area contributed by atoms with Crippen LogP contribution < -0.4 is 10.6 Å². The van der Waals surface area contributed by atoms with Crippen LogP contribution in [-0.2, 0) is 42.4 Å². The number of aromatic nitrogens is 7. The van der Waals surface area contributed by atoms with Crippen LogP contribution in [0.2, 0.25) is 5.02 Å². The first-order valence-electron chi connectivity index (χ1n) is 27.6. The number of amides is 5. The smallest absolute Gasteiger partial charge is 0.322 e. The lowest BCUT2D eigenvalue weighted by Gasteiger charge is -2.32. The molecule has 0 bridgehead atoms. The van der Waals surface area contributed by atoms with E-state index in [2.05, 4.69) is 39.8 Å². The number of fused-ring (bicyclic) bond motifs is 5. The molecule has 8 heterocycles. The van der Waals surface area contributed by atoms with Crippen molar-refractivity contribution in [3.8, 4) is 16.1 Å². The van der Waals surface area contributed by atoms with Gasteiger partial charge in [0.2, 0.25) is 29.5 Å². The number of hydrogen-bond donors (Lipinski definition) is 3. The van der Waals surface area contributed by atoms with Crippen LogP contribution in [0.5, 0.6) is 0 Å². The molecular weight excluding hydrogens is 1080 g/mol. The van der Waals surface area contributed by atoms with Gasteiger partial charge in [-0.05, 0) is 113 Å². The van der Waals surface area contributed by atoms with Crippen molar-refractivity contribution in [2.24, 2.45) is 18.0 Å². The molecule has 422 valence electrons. The van der Waals surface area contributed by atoms with Crippen molar-refractivity contribution in [3.05, 3.63) is 111 Å². The average Bonchev–Trinajstić information content (AvgIpc) is 4.35. The van der Waals surface area contributed by atoms with Crippen molar-refractivity contribution >= 4 is 86.0 Å². The van der Waals surface area contributed by atoms with Gasteiger partial charge in [-0.25, -0.2) is 4.39 Å². The summed E-state index contributed by atoms with van der Waals surface area (Å²) in [4.78, 5) is 91.6. The summed E-state index contributed by atoms with van der Waals surface area (Å²) in [6.07, 6.45) is 6.55. The molecule has 0 radical (unpaired) electrons. The Morgan fingerprint density at radius 3 is 2.33 bits per heavy atom. The van der Waals surface area contributed by atoms with E-state index in [-0.39, 0.29) is 42.5 Å². The summed E-state index contributed by atoms with van der Waals surface area (Å²) in [7, 11) is 1.79. The summed E-state index contributed by atoms with van der Waals surface area (Å²) in [5.74, 6) is -1.83. The minimum Gasteiger partial charge on any atom is -0.480 e. The number of benzene rings is 3. The van der Waals surface area contributed by atoms with Gasteiger partial charge in [0.15, 0.2) is 5.82 Å². The maximum Gasteiger partial charge on any atom is 0.322 e. The molecule has 20 nitrogen and oxygen atoms in total.